The summed E-state index contributed by atoms with van der Waals surface area (Å²) < 4.78 is 0. The highest BCUT2D eigenvalue weighted by Crippen LogP contribution is 2.35. The number of anilines is 1. The molecule has 0 saturated heterocycles. The molecule has 3 heteroatoms. The Balaban J connectivity index is 1.79. The number of para-hydroxylation sites is 1. The lowest BCUT2D eigenvalue weighted by molar-refractivity contribution is 0.244. The van der Waals surface area contributed by atoms with Crippen LogP contribution in [0.5, 0.6) is 0 Å². The standard InChI is InChI=1S/C22H21N3/c1-2-25-21(17-11-5-3-6-12-17)19-15-9-10-16-20(19)22(24-25)23-18-13-7-4-8-14-18/h3-16,21H,2H2,1H3,(H,23,24). The molecule has 124 valence electrons. The molecule has 0 fully saturated rings. The van der Waals surface area contributed by atoms with Gasteiger partial charge in [0.25, 0.3) is 0 Å². The summed E-state index contributed by atoms with van der Waals surface area (Å²) in [6.07, 6.45) is 0. The molecule has 4 rings (SSSR count). The molecule has 1 heterocycles. The van der Waals surface area contributed by atoms with Crippen LogP contribution in [0.4, 0.5) is 5.69 Å². The van der Waals surface area contributed by atoms with Crippen LogP contribution in [-0.4, -0.2) is 17.4 Å². The smallest absolute Gasteiger partial charge is 0.158 e. The molecule has 0 spiro atoms. The molecule has 0 radical (unpaired) electrons. The Hall–Kier alpha value is -3.07. The van der Waals surface area contributed by atoms with Crippen molar-refractivity contribution in [2.45, 2.75) is 13.0 Å². The zero-order valence-electron chi connectivity index (χ0n) is 14.3. The Morgan fingerprint density at radius 3 is 2.20 bits per heavy atom. The molecule has 0 aliphatic carbocycles. The van der Waals surface area contributed by atoms with Crippen molar-refractivity contribution in [3.63, 3.8) is 0 Å². The van der Waals surface area contributed by atoms with Gasteiger partial charge in [0.05, 0.1) is 6.04 Å². The minimum Gasteiger partial charge on any atom is -0.338 e. The molecule has 3 nitrogen and oxygen atoms in total. The van der Waals surface area contributed by atoms with E-state index in [1.54, 1.807) is 0 Å². The molecular formula is C22H21N3. The maximum atomic E-state index is 4.93. The minimum atomic E-state index is 0.142. The Kier molecular flexibility index (Phi) is 4.21. The van der Waals surface area contributed by atoms with Gasteiger partial charge in [-0.25, -0.2) is 0 Å². The molecule has 3 aromatic rings. The second kappa shape index (κ2) is 6.81. The van der Waals surface area contributed by atoms with Crippen LogP contribution >= 0.6 is 0 Å². The Morgan fingerprint density at radius 2 is 1.48 bits per heavy atom. The summed E-state index contributed by atoms with van der Waals surface area (Å²) in [5, 5.41) is 10.6. The van der Waals surface area contributed by atoms with Gasteiger partial charge in [0, 0.05) is 17.8 Å². The average Bonchev–Trinajstić information content (AvgIpc) is 2.69. The van der Waals surface area contributed by atoms with Gasteiger partial charge >= 0.3 is 0 Å². The number of amidine groups is 1. The lowest BCUT2D eigenvalue weighted by Crippen LogP contribution is -2.34. The minimum absolute atomic E-state index is 0.142. The number of hydrogen-bond donors (Lipinski definition) is 1. The Bertz CT molecular complexity index is 872. The normalized spacial score (nSPS) is 16.1. The van der Waals surface area contributed by atoms with Gasteiger partial charge in [-0.2, -0.15) is 5.10 Å². The van der Waals surface area contributed by atoms with Crippen LogP contribution < -0.4 is 5.32 Å². The number of nitrogens with zero attached hydrogens (tertiary/aromatic N) is 2. The highest BCUT2D eigenvalue weighted by molar-refractivity contribution is 6.09. The zero-order valence-corrected chi connectivity index (χ0v) is 14.3. The quantitative estimate of drug-likeness (QED) is 0.742. The number of rotatable bonds is 3. The molecule has 0 amide bonds. The largest absolute Gasteiger partial charge is 0.338 e. The van der Waals surface area contributed by atoms with Gasteiger partial charge in [0.15, 0.2) is 5.84 Å². The number of nitrogens with one attached hydrogen (secondary N) is 1. The monoisotopic (exact) mass is 327 g/mol. The van der Waals surface area contributed by atoms with E-state index in [1.807, 2.05) is 18.2 Å². The fraction of sp³-hybridized carbons (Fsp3) is 0.136. The average molecular weight is 327 g/mol. The highest BCUT2D eigenvalue weighted by atomic mass is 15.5. The van der Waals surface area contributed by atoms with Gasteiger partial charge in [-0.3, -0.25) is 5.01 Å². The molecule has 25 heavy (non-hydrogen) atoms. The second-order valence-electron chi connectivity index (χ2n) is 6.10. The van der Waals surface area contributed by atoms with E-state index in [-0.39, 0.29) is 6.04 Å². The van der Waals surface area contributed by atoms with Gasteiger partial charge in [0.2, 0.25) is 0 Å². The predicted octanol–water partition coefficient (Wildman–Crippen LogP) is 4.89. The summed E-state index contributed by atoms with van der Waals surface area (Å²) in [6, 6.07) is 29.5. The van der Waals surface area contributed by atoms with Crippen LogP contribution in [0.1, 0.15) is 29.7 Å². The first-order chi connectivity index (χ1) is 12.4. The SMILES string of the molecule is CCN1N=C(Nc2ccccc2)c2ccccc2C1c1ccccc1. The summed E-state index contributed by atoms with van der Waals surface area (Å²) in [7, 11) is 0. The van der Waals surface area contributed by atoms with Gasteiger partial charge in [-0.15, -0.1) is 0 Å². The Morgan fingerprint density at radius 1 is 0.840 bits per heavy atom. The molecule has 0 bridgehead atoms. The third kappa shape index (κ3) is 3.01. The molecule has 1 N–H and O–H groups in total. The molecule has 0 saturated carbocycles. The van der Waals surface area contributed by atoms with Crippen molar-refractivity contribution in [1.82, 2.24) is 5.01 Å². The fourth-order valence-corrected chi connectivity index (χ4v) is 3.34. The third-order valence-corrected chi connectivity index (χ3v) is 4.51. The second-order valence-corrected chi connectivity index (χ2v) is 6.10. The van der Waals surface area contributed by atoms with Crippen LogP contribution in [0.3, 0.4) is 0 Å². The van der Waals surface area contributed by atoms with Crippen molar-refractivity contribution in [2.24, 2.45) is 5.10 Å². The topological polar surface area (TPSA) is 27.6 Å². The fourth-order valence-electron chi connectivity index (χ4n) is 3.34. The van der Waals surface area contributed by atoms with Crippen molar-refractivity contribution >= 4 is 11.5 Å². The number of fused-ring (bicyclic) bond motifs is 1. The molecule has 1 aliphatic heterocycles. The summed E-state index contributed by atoms with van der Waals surface area (Å²) in [5.41, 5.74) is 4.75. The van der Waals surface area contributed by atoms with Crippen molar-refractivity contribution < 1.29 is 0 Å². The third-order valence-electron chi connectivity index (χ3n) is 4.51. The van der Waals surface area contributed by atoms with Crippen LogP contribution in [0.15, 0.2) is 90.0 Å². The van der Waals surface area contributed by atoms with Crippen LogP contribution in [0.25, 0.3) is 0 Å². The summed E-state index contributed by atoms with van der Waals surface area (Å²) in [6.45, 7) is 2.99. The van der Waals surface area contributed by atoms with Crippen molar-refractivity contribution in [3.8, 4) is 0 Å². The van der Waals surface area contributed by atoms with E-state index in [9.17, 15) is 0 Å². The van der Waals surface area contributed by atoms with E-state index in [2.05, 4.69) is 84.0 Å². The van der Waals surface area contributed by atoms with E-state index in [0.717, 1.165) is 23.6 Å². The summed E-state index contributed by atoms with van der Waals surface area (Å²) >= 11 is 0. The highest BCUT2D eigenvalue weighted by Gasteiger charge is 2.29. The van der Waals surface area contributed by atoms with Crippen molar-refractivity contribution in [2.75, 3.05) is 11.9 Å². The Labute approximate surface area is 148 Å². The molecule has 1 aliphatic rings. The van der Waals surface area contributed by atoms with Crippen LogP contribution in [0.2, 0.25) is 0 Å². The van der Waals surface area contributed by atoms with Crippen LogP contribution in [-0.2, 0) is 0 Å². The maximum absolute atomic E-state index is 4.93. The van der Waals surface area contributed by atoms with Crippen LogP contribution in [0, 0.1) is 0 Å². The number of benzene rings is 3. The first-order valence-electron chi connectivity index (χ1n) is 8.68. The number of hydrogen-bond acceptors (Lipinski definition) is 3. The first kappa shape index (κ1) is 15.5. The summed E-state index contributed by atoms with van der Waals surface area (Å²) in [5.74, 6) is 0.899. The van der Waals surface area contributed by atoms with Crippen molar-refractivity contribution in [1.29, 1.82) is 0 Å². The maximum Gasteiger partial charge on any atom is 0.158 e. The molecular weight excluding hydrogens is 306 g/mol. The van der Waals surface area contributed by atoms with Gasteiger partial charge in [-0.05, 0) is 30.2 Å². The molecule has 1 unspecified atom stereocenters. The molecule has 0 aromatic heterocycles. The number of hydrazone groups is 1. The van der Waals surface area contributed by atoms with Gasteiger partial charge in [-0.1, -0.05) is 72.8 Å². The molecule has 3 aromatic carbocycles. The lowest BCUT2D eigenvalue weighted by Gasteiger charge is -2.35. The van der Waals surface area contributed by atoms with E-state index in [0.29, 0.717) is 0 Å². The predicted molar refractivity (Wildman–Crippen MR) is 104 cm³/mol. The van der Waals surface area contributed by atoms with E-state index < -0.39 is 0 Å². The van der Waals surface area contributed by atoms with Gasteiger partial charge in [0.1, 0.15) is 0 Å². The zero-order chi connectivity index (χ0) is 17.1. The van der Waals surface area contributed by atoms with E-state index in [1.165, 1.54) is 11.1 Å². The van der Waals surface area contributed by atoms with Crippen molar-refractivity contribution in [3.05, 3.63) is 102 Å². The van der Waals surface area contributed by atoms with E-state index in [4.69, 9.17) is 5.10 Å². The van der Waals surface area contributed by atoms with E-state index >= 15 is 0 Å². The lowest BCUT2D eigenvalue weighted by atomic mass is 9.92. The molecule has 1 atom stereocenters. The first-order valence-corrected chi connectivity index (χ1v) is 8.68. The van der Waals surface area contributed by atoms with Gasteiger partial charge < -0.3 is 5.32 Å². The summed E-state index contributed by atoms with van der Waals surface area (Å²) in [4.78, 5) is 0.